The average Bonchev–Trinajstić information content (AvgIpc) is 2.33. The van der Waals surface area contributed by atoms with Crippen LogP contribution in [0.5, 0.6) is 0 Å². The van der Waals surface area contributed by atoms with Gasteiger partial charge in [0.2, 0.25) is 0 Å². The summed E-state index contributed by atoms with van der Waals surface area (Å²) in [5, 5.41) is 17.8. The summed E-state index contributed by atoms with van der Waals surface area (Å²) >= 11 is 0. The molecule has 2 atom stereocenters. The van der Waals surface area contributed by atoms with E-state index in [0.717, 1.165) is 0 Å². The first-order chi connectivity index (χ1) is 8.93. The molecule has 0 radical (unpaired) electrons. The van der Waals surface area contributed by atoms with Gasteiger partial charge >= 0.3 is 5.97 Å². The van der Waals surface area contributed by atoms with Gasteiger partial charge in [-0.15, -0.1) is 0 Å². The van der Waals surface area contributed by atoms with Crippen molar-refractivity contribution >= 4 is 5.97 Å². The van der Waals surface area contributed by atoms with E-state index >= 15 is 0 Å². The molecule has 7 heteroatoms. The number of esters is 1. The first kappa shape index (κ1) is 18.0. The van der Waals surface area contributed by atoms with Gasteiger partial charge in [0.25, 0.3) is 0 Å². The van der Waals surface area contributed by atoms with Crippen molar-refractivity contribution in [3.8, 4) is 0 Å². The average molecular weight is 278 g/mol. The number of ether oxygens (including phenoxy) is 4. The molecule has 0 aromatic heterocycles. The predicted molar refractivity (Wildman–Crippen MR) is 66.2 cm³/mol. The fourth-order valence-corrected chi connectivity index (χ4v) is 0.893. The van der Waals surface area contributed by atoms with E-state index < -0.39 is 18.2 Å². The standard InChI is InChI=1S/C12H22O7/c1-9(12(15)19-6-11(3)14)4-16-7-18-8-17-5-10(2)13/h10-11,13-14H,1,4-8H2,2-3H3. The van der Waals surface area contributed by atoms with Crippen molar-refractivity contribution in [2.45, 2.75) is 26.1 Å². The van der Waals surface area contributed by atoms with Crippen molar-refractivity contribution in [2.24, 2.45) is 0 Å². The highest BCUT2D eigenvalue weighted by atomic mass is 16.7. The topological polar surface area (TPSA) is 94.5 Å². The number of carbonyl (C=O) groups excluding carboxylic acids is 1. The molecule has 0 rings (SSSR count). The van der Waals surface area contributed by atoms with Crippen molar-refractivity contribution in [1.29, 1.82) is 0 Å². The largest absolute Gasteiger partial charge is 0.460 e. The summed E-state index contributed by atoms with van der Waals surface area (Å²) in [6.07, 6.45) is -1.26. The Morgan fingerprint density at radius 1 is 1.05 bits per heavy atom. The van der Waals surface area contributed by atoms with Crippen LogP contribution in [0, 0.1) is 0 Å². The molecule has 0 aliphatic heterocycles. The number of carbonyl (C=O) groups is 1. The highest BCUT2D eigenvalue weighted by Gasteiger charge is 2.09. The van der Waals surface area contributed by atoms with Crippen LogP contribution in [-0.2, 0) is 23.7 Å². The fourth-order valence-electron chi connectivity index (χ4n) is 0.893. The Balaban J connectivity index is 3.45. The van der Waals surface area contributed by atoms with E-state index in [0.29, 0.717) is 0 Å². The quantitative estimate of drug-likeness (QED) is 0.234. The smallest absolute Gasteiger partial charge is 0.335 e. The molecule has 0 aliphatic carbocycles. The summed E-state index contributed by atoms with van der Waals surface area (Å²) in [7, 11) is 0. The second kappa shape index (κ2) is 10.9. The van der Waals surface area contributed by atoms with Crippen LogP contribution in [0.2, 0.25) is 0 Å². The van der Waals surface area contributed by atoms with Crippen LogP contribution in [0.3, 0.4) is 0 Å². The van der Waals surface area contributed by atoms with Gasteiger partial charge in [-0.1, -0.05) is 6.58 Å². The zero-order valence-electron chi connectivity index (χ0n) is 11.3. The van der Waals surface area contributed by atoms with Gasteiger partial charge in [-0.05, 0) is 13.8 Å². The van der Waals surface area contributed by atoms with E-state index in [9.17, 15) is 4.79 Å². The molecule has 7 nitrogen and oxygen atoms in total. The van der Waals surface area contributed by atoms with E-state index in [-0.39, 0.29) is 39.0 Å². The van der Waals surface area contributed by atoms with Crippen LogP contribution in [-0.4, -0.2) is 61.8 Å². The van der Waals surface area contributed by atoms with Crippen LogP contribution >= 0.6 is 0 Å². The molecule has 2 N–H and O–H groups in total. The maximum absolute atomic E-state index is 11.3. The molecule has 0 bridgehead atoms. The van der Waals surface area contributed by atoms with Crippen molar-refractivity contribution in [1.82, 2.24) is 0 Å². The molecular formula is C12H22O7. The molecule has 0 saturated heterocycles. The molecule has 2 unspecified atom stereocenters. The lowest BCUT2D eigenvalue weighted by Gasteiger charge is -2.10. The van der Waals surface area contributed by atoms with Gasteiger partial charge < -0.3 is 29.2 Å². The second-order valence-electron chi connectivity index (χ2n) is 4.06. The number of hydrogen-bond donors (Lipinski definition) is 2. The summed E-state index contributed by atoms with van der Waals surface area (Å²) in [5.41, 5.74) is 0.133. The van der Waals surface area contributed by atoms with Crippen LogP contribution < -0.4 is 0 Å². The van der Waals surface area contributed by atoms with Gasteiger partial charge in [0.1, 0.15) is 20.2 Å². The van der Waals surface area contributed by atoms with E-state index in [1.165, 1.54) is 6.92 Å². The molecule has 0 saturated carbocycles. The summed E-state index contributed by atoms with van der Waals surface area (Å²) in [6.45, 7) is 6.58. The molecule has 112 valence electrons. The normalized spacial score (nSPS) is 13.9. The molecule has 0 heterocycles. The van der Waals surface area contributed by atoms with Crippen LogP contribution in [0.4, 0.5) is 0 Å². The van der Waals surface area contributed by atoms with Gasteiger partial charge in [0, 0.05) is 0 Å². The van der Waals surface area contributed by atoms with Crippen molar-refractivity contribution in [3.05, 3.63) is 12.2 Å². The van der Waals surface area contributed by atoms with Gasteiger partial charge in [-0.25, -0.2) is 4.79 Å². The Labute approximate surface area is 112 Å². The lowest BCUT2D eigenvalue weighted by molar-refractivity contribution is -0.147. The third kappa shape index (κ3) is 11.8. The fraction of sp³-hybridized carbons (Fsp3) is 0.750. The van der Waals surface area contributed by atoms with Gasteiger partial charge in [0.15, 0.2) is 0 Å². The highest BCUT2D eigenvalue weighted by molar-refractivity contribution is 5.87. The lowest BCUT2D eigenvalue weighted by atomic mass is 10.3. The Morgan fingerprint density at radius 2 is 1.63 bits per heavy atom. The van der Waals surface area contributed by atoms with E-state index in [4.69, 9.17) is 29.2 Å². The van der Waals surface area contributed by atoms with Crippen molar-refractivity contribution in [3.63, 3.8) is 0 Å². The summed E-state index contributed by atoms with van der Waals surface area (Å²) in [5.74, 6) is -0.619. The molecule has 0 aromatic rings. The van der Waals surface area contributed by atoms with E-state index in [1.807, 2.05) is 0 Å². The van der Waals surface area contributed by atoms with Crippen LogP contribution in [0.25, 0.3) is 0 Å². The Hall–Kier alpha value is -0.990. The SMILES string of the molecule is C=C(COCOCOCC(C)O)C(=O)OCC(C)O. The Kier molecular flexibility index (Phi) is 10.3. The molecule has 0 amide bonds. The second-order valence-corrected chi connectivity index (χ2v) is 4.06. The summed E-state index contributed by atoms with van der Waals surface area (Å²) < 4.78 is 19.6. The summed E-state index contributed by atoms with van der Waals surface area (Å²) in [6, 6.07) is 0. The Morgan fingerprint density at radius 3 is 2.21 bits per heavy atom. The zero-order chi connectivity index (χ0) is 14.7. The minimum Gasteiger partial charge on any atom is -0.460 e. The molecule has 19 heavy (non-hydrogen) atoms. The van der Waals surface area contributed by atoms with Gasteiger partial charge in [-0.2, -0.15) is 0 Å². The Bertz CT molecular complexity index is 263. The minimum atomic E-state index is -0.716. The van der Waals surface area contributed by atoms with Gasteiger partial charge in [-0.3, -0.25) is 0 Å². The van der Waals surface area contributed by atoms with Crippen LogP contribution in [0.1, 0.15) is 13.8 Å². The maximum Gasteiger partial charge on any atom is 0.335 e. The number of rotatable bonds is 11. The van der Waals surface area contributed by atoms with Gasteiger partial charge in [0.05, 0.1) is 31.0 Å². The monoisotopic (exact) mass is 278 g/mol. The van der Waals surface area contributed by atoms with E-state index in [2.05, 4.69) is 6.58 Å². The molecule has 0 aliphatic rings. The minimum absolute atomic E-state index is 0.0101. The molecular weight excluding hydrogens is 256 g/mol. The van der Waals surface area contributed by atoms with Crippen molar-refractivity contribution < 1.29 is 34.0 Å². The number of aliphatic hydroxyl groups is 2. The van der Waals surface area contributed by atoms with E-state index in [1.54, 1.807) is 6.92 Å². The third-order valence-corrected chi connectivity index (χ3v) is 1.71. The maximum atomic E-state index is 11.3. The molecule has 0 aromatic carbocycles. The zero-order valence-corrected chi connectivity index (χ0v) is 11.3. The predicted octanol–water partition coefficient (Wildman–Crippen LogP) is -0.188. The third-order valence-electron chi connectivity index (χ3n) is 1.71. The number of aliphatic hydroxyl groups excluding tert-OH is 2. The lowest BCUT2D eigenvalue weighted by Crippen LogP contribution is -2.19. The molecule has 0 fully saturated rings. The summed E-state index contributed by atoms with van der Waals surface area (Å²) in [4.78, 5) is 11.3. The van der Waals surface area contributed by atoms with Crippen LogP contribution in [0.15, 0.2) is 12.2 Å². The van der Waals surface area contributed by atoms with Crippen molar-refractivity contribution in [2.75, 3.05) is 33.4 Å². The first-order valence-electron chi connectivity index (χ1n) is 5.87. The first-order valence-corrected chi connectivity index (χ1v) is 5.87. The number of hydrogen-bond acceptors (Lipinski definition) is 7. The highest BCUT2D eigenvalue weighted by Crippen LogP contribution is 1.97. The molecule has 0 spiro atoms.